The van der Waals surface area contributed by atoms with Gasteiger partial charge in [-0.2, -0.15) is 0 Å². The molecule has 4 saturated carbocycles. The average molecular weight is 483 g/mol. The smallest absolute Gasteiger partial charge is 0.312 e. The number of rotatable bonds is 2. The summed E-state index contributed by atoms with van der Waals surface area (Å²) in [6.07, 6.45) is 13.1. The van der Waals surface area contributed by atoms with Gasteiger partial charge in [-0.1, -0.05) is 60.1 Å². The van der Waals surface area contributed by atoms with Crippen molar-refractivity contribution in [1.82, 2.24) is 0 Å². The minimum atomic E-state index is -0.333. The van der Waals surface area contributed by atoms with E-state index in [4.69, 9.17) is 4.74 Å². The van der Waals surface area contributed by atoms with E-state index in [0.29, 0.717) is 30.1 Å². The van der Waals surface area contributed by atoms with E-state index in [1.807, 2.05) is 6.92 Å². The van der Waals surface area contributed by atoms with Crippen molar-refractivity contribution in [3.05, 3.63) is 11.6 Å². The Morgan fingerprint density at radius 1 is 0.943 bits per heavy atom. The van der Waals surface area contributed by atoms with Crippen LogP contribution in [0.2, 0.25) is 0 Å². The normalized spacial score (nSPS) is 47.9. The van der Waals surface area contributed by atoms with Crippen molar-refractivity contribution in [1.29, 1.82) is 0 Å². The van der Waals surface area contributed by atoms with Crippen molar-refractivity contribution in [2.75, 3.05) is 6.61 Å². The zero-order valence-corrected chi connectivity index (χ0v) is 23.8. The van der Waals surface area contributed by atoms with Crippen LogP contribution >= 0.6 is 0 Å². The summed E-state index contributed by atoms with van der Waals surface area (Å²) in [5.41, 5.74) is 1.84. The summed E-state index contributed by atoms with van der Waals surface area (Å²) in [6, 6.07) is 0. The number of hydrogen-bond donors (Lipinski definition) is 0. The molecule has 7 atom stereocenters. The Labute approximate surface area is 214 Å². The highest BCUT2D eigenvalue weighted by molar-refractivity contribution is 5.85. The lowest BCUT2D eigenvalue weighted by molar-refractivity contribution is -0.191. The fraction of sp³-hybridized carbons (Fsp3) is 0.875. The highest BCUT2D eigenvalue weighted by atomic mass is 16.5. The second kappa shape index (κ2) is 7.70. The number of allylic oxidation sites excluding steroid dienone is 2. The number of carbonyl (C=O) groups excluding carboxylic acids is 2. The lowest BCUT2D eigenvalue weighted by Gasteiger charge is -2.70. The van der Waals surface area contributed by atoms with E-state index < -0.39 is 0 Å². The van der Waals surface area contributed by atoms with Crippen LogP contribution in [0.5, 0.6) is 0 Å². The number of ether oxygens (including phenoxy) is 1. The molecule has 3 nitrogen and oxygen atoms in total. The Kier molecular flexibility index (Phi) is 5.62. The van der Waals surface area contributed by atoms with E-state index in [0.717, 1.165) is 57.8 Å². The van der Waals surface area contributed by atoms with E-state index in [1.54, 1.807) is 5.57 Å². The van der Waals surface area contributed by atoms with Gasteiger partial charge >= 0.3 is 5.97 Å². The molecule has 0 aromatic rings. The second-order valence-corrected chi connectivity index (χ2v) is 15.2. The maximum atomic E-state index is 13.6. The summed E-state index contributed by atoms with van der Waals surface area (Å²) >= 11 is 0. The highest BCUT2D eigenvalue weighted by Crippen LogP contribution is 2.75. The van der Waals surface area contributed by atoms with Gasteiger partial charge in [0, 0.05) is 11.8 Å². The Morgan fingerprint density at radius 3 is 2.31 bits per heavy atom. The van der Waals surface area contributed by atoms with Crippen LogP contribution in [-0.4, -0.2) is 18.4 Å². The maximum Gasteiger partial charge on any atom is 0.312 e. The first-order valence-electron chi connectivity index (χ1n) is 14.6. The molecule has 196 valence electrons. The SMILES string of the molecule is CCOC(=O)[C@]12CCC(C)(C)C[C@H]1C1=CCC3[C@@]4(C)CCC(=O)C(C)(C)C4CC[C@@]3(C)[C@]1(C)CC2. The number of fused-ring (bicyclic) bond motifs is 7. The molecule has 2 unspecified atom stereocenters. The molecule has 0 amide bonds. The van der Waals surface area contributed by atoms with Crippen LogP contribution in [0.1, 0.15) is 120 Å². The first kappa shape index (κ1) is 25.5. The van der Waals surface area contributed by atoms with Gasteiger partial charge in [0.25, 0.3) is 0 Å². The molecule has 0 aromatic carbocycles. The predicted molar refractivity (Wildman–Crippen MR) is 141 cm³/mol. The van der Waals surface area contributed by atoms with Crippen molar-refractivity contribution in [3.8, 4) is 0 Å². The standard InChI is InChI=1S/C32H50O3/c1-9-35-26(34)32-18-16-27(2,3)20-22(32)21-10-11-24-29(6)14-13-25(33)28(4,5)23(29)12-15-31(24,8)30(21,7)17-19-32/h10,22-24H,9,11-20H2,1-8H3/t22-,23?,24?,29-,30+,31+,32-/m0/s1. The Hall–Kier alpha value is -1.12. The van der Waals surface area contributed by atoms with Crippen LogP contribution in [0.25, 0.3) is 0 Å². The van der Waals surface area contributed by atoms with Crippen LogP contribution in [0.4, 0.5) is 0 Å². The van der Waals surface area contributed by atoms with Gasteiger partial charge in [-0.25, -0.2) is 0 Å². The summed E-state index contributed by atoms with van der Waals surface area (Å²) < 4.78 is 5.78. The Bertz CT molecular complexity index is 958. The van der Waals surface area contributed by atoms with Crippen molar-refractivity contribution in [2.24, 2.45) is 50.2 Å². The van der Waals surface area contributed by atoms with Crippen LogP contribution in [0.15, 0.2) is 11.6 Å². The quantitative estimate of drug-likeness (QED) is 0.296. The molecule has 5 rings (SSSR count). The number of hydrogen-bond acceptors (Lipinski definition) is 3. The largest absolute Gasteiger partial charge is 0.466 e. The third-order valence-corrected chi connectivity index (χ3v) is 13.1. The van der Waals surface area contributed by atoms with Crippen LogP contribution in [0, 0.1) is 50.2 Å². The first-order chi connectivity index (χ1) is 16.2. The van der Waals surface area contributed by atoms with Crippen LogP contribution < -0.4 is 0 Å². The summed E-state index contributed by atoms with van der Waals surface area (Å²) in [6.45, 7) is 19.4. The summed E-state index contributed by atoms with van der Waals surface area (Å²) in [7, 11) is 0. The highest BCUT2D eigenvalue weighted by Gasteiger charge is 2.69. The van der Waals surface area contributed by atoms with Crippen LogP contribution in [0.3, 0.4) is 0 Å². The zero-order valence-electron chi connectivity index (χ0n) is 23.8. The third kappa shape index (κ3) is 3.21. The van der Waals surface area contributed by atoms with Gasteiger partial charge in [-0.05, 0) is 104 Å². The Morgan fingerprint density at radius 2 is 1.63 bits per heavy atom. The molecule has 0 bridgehead atoms. The summed E-state index contributed by atoms with van der Waals surface area (Å²) in [4.78, 5) is 26.5. The van der Waals surface area contributed by atoms with Crippen molar-refractivity contribution < 1.29 is 14.3 Å². The van der Waals surface area contributed by atoms with E-state index >= 15 is 0 Å². The third-order valence-electron chi connectivity index (χ3n) is 13.1. The molecule has 3 heteroatoms. The van der Waals surface area contributed by atoms with Gasteiger partial charge in [-0.15, -0.1) is 0 Å². The molecule has 5 aliphatic rings. The summed E-state index contributed by atoms with van der Waals surface area (Å²) in [5, 5.41) is 0. The van der Waals surface area contributed by atoms with Crippen molar-refractivity contribution in [2.45, 2.75) is 120 Å². The first-order valence-corrected chi connectivity index (χ1v) is 14.6. The molecule has 0 spiro atoms. The predicted octanol–water partition coefficient (Wildman–Crippen LogP) is 7.92. The molecule has 0 N–H and O–H groups in total. The van der Waals surface area contributed by atoms with E-state index in [1.165, 1.54) is 6.42 Å². The second-order valence-electron chi connectivity index (χ2n) is 15.2. The molecule has 0 saturated heterocycles. The summed E-state index contributed by atoms with van der Waals surface area (Å²) in [5.74, 6) is 1.92. The number of Topliss-reactive ketones (excluding diaryl/α,β-unsaturated/α-hetero) is 1. The van der Waals surface area contributed by atoms with Crippen molar-refractivity contribution >= 4 is 11.8 Å². The zero-order chi connectivity index (χ0) is 25.7. The lowest BCUT2D eigenvalue weighted by atomic mass is 9.33. The van der Waals surface area contributed by atoms with Gasteiger partial charge in [0.2, 0.25) is 0 Å². The molecule has 4 fully saturated rings. The lowest BCUT2D eigenvalue weighted by Crippen LogP contribution is -2.64. The van der Waals surface area contributed by atoms with Gasteiger partial charge in [0.05, 0.1) is 12.0 Å². The molecule has 35 heavy (non-hydrogen) atoms. The van der Waals surface area contributed by atoms with Crippen molar-refractivity contribution in [3.63, 3.8) is 0 Å². The number of carbonyl (C=O) groups is 2. The average Bonchev–Trinajstić information content (AvgIpc) is 2.77. The molecule has 5 aliphatic carbocycles. The van der Waals surface area contributed by atoms with E-state index in [-0.39, 0.29) is 38.5 Å². The fourth-order valence-corrected chi connectivity index (χ4v) is 10.7. The molecular formula is C32H50O3. The monoisotopic (exact) mass is 482 g/mol. The number of ketones is 1. The van der Waals surface area contributed by atoms with E-state index in [9.17, 15) is 9.59 Å². The minimum absolute atomic E-state index is 0.0685. The van der Waals surface area contributed by atoms with Gasteiger partial charge < -0.3 is 4.74 Å². The Balaban J connectivity index is 1.59. The van der Waals surface area contributed by atoms with Crippen LogP contribution in [-0.2, 0) is 14.3 Å². The van der Waals surface area contributed by atoms with E-state index in [2.05, 4.69) is 54.5 Å². The molecule has 0 aliphatic heterocycles. The van der Waals surface area contributed by atoms with Gasteiger partial charge in [0.15, 0.2) is 0 Å². The maximum absolute atomic E-state index is 13.6. The van der Waals surface area contributed by atoms with Gasteiger partial charge in [-0.3, -0.25) is 9.59 Å². The topological polar surface area (TPSA) is 43.4 Å². The minimum Gasteiger partial charge on any atom is -0.466 e. The van der Waals surface area contributed by atoms with Gasteiger partial charge in [0.1, 0.15) is 5.78 Å². The molecule has 0 radical (unpaired) electrons. The fourth-order valence-electron chi connectivity index (χ4n) is 10.7. The molecular weight excluding hydrogens is 432 g/mol. The molecule has 0 heterocycles. The molecule has 0 aromatic heterocycles. The number of esters is 1.